The zero-order chi connectivity index (χ0) is 17.7. The number of nitrogens with zero attached hydrogens (tertiary/aromatic N) is 2. The summed E-state index contributed by atoms with van der Waals surface area (Å²) in [5.41, 5.74) is 0.522. The maximum Gasteiger partial charge on any atom is 0.407 e. The van der Waals surface area contributed by atoms with Crippen LogP contribution in [0.15, 0.2) is 29.2 Å². The number of likely N-dealkylation sites (tertiary alicyclic amines) is 1. The number of carboxylic acid groups (broad SMARTS) is 1. The number of hydrogen-bond donors (Lipinski definition) is 1. The topological polar surface area (TPSA) is 87.2 Å². The van der Waals surface area contributed by atoms with E-state index in [-0.39, 0.29) is 30.4 Å². The molecule has 26 heavy (non-hydrogen) atoms. The highest BCUT2D eigenvalue weighted by Crippen LogP contribution is 2.46. The van der Waals surface area contributed by atoms with Gasteiger partial charge in [0, 0.05) is 31.1 Å². The van der Waals surface area contributed by atoms with Crippen molar-refractivity contribution in [3.63, 3.8) is 0 Å². The van der Waals surface area contributed by atoms with Crippen LogP contribution < -0.4 is 0 Å². The molecule has 4 rings (SSSR count). The molecule has 3 aliphatic heterocycles. The molecule has 2 unspecified atom stereocenters. The Labute approximate surface area is 154 Å². The first-order valence-corrected chi connectivity index (χ1v) is 10.0. The lowest BCUT2D eigenvalue weighted by Gasteiger charge is -2.44. The summed E-state index contributed by atoms with van der Waals surface area (Å²) in [6, 6.07) is 6.87. The van der Waals surface area contributed by atoms with Gasteiger partial charge < -0.3 is 10.0 Å². The molecule has 2 fully saturated rings. The van der Waals surface area contributed by atoms with Gasteiger partial charge in [0.1, 0.15) is 0 Å². The fraction of sp³-hybridized carbons (Fsp3) is 0.611. The van der Waals surface area contributed by atoms with Gasteiger partial charge in [0.05, 0.1) is 11.5 Å². The lowest BCUT2D eigenvalue weighted by Crippen LogP contribution is -2.53. The molecule has 144 valence electrons. The number of rotatable bonds is 0. The van der Waals surface area contributed by atoms with Gasteiger partial charge in [-0.25, -0.2) is 4.79 Å². The Hall–Kier alpha value is -1.64. The van der Waals surface area contributed by atoms with Crippen LogP contribution in [0.25, 0.3) is 0 Å². The molecule has 0 bridgehead atoms. The molecule has 0 radical (unpaired) electrons. The highest BCUT2D eigenvalue weighted by molar-refractivity contribution is 7.86. The molecule has 8 heteroatoms. The third-order valence-electron chi connectivity index (χ3n) is 5.92. The first-order valence-electron chi connectivity index (χ1n) is 8.61. The molecule has 1 amide bonds. The van der Waals surface area contributed by atoms with Gasteiger partial charge in [0.2, 0.25) is 0 Å². The van der Waals surface area contributed by atoms with Crippen LogP contribution in [0.3, 0.4) is 0 Å². The molecule has 2 saturated heterocycles. The van der Waals surface area contributed by atoms with Crippen LogP contribution in [0, 0.1) is 5.41 Å². The van der Waals surface area contributed by atoms with Gasteiger partial charge in [-0.1, -0.05) is 25.6 Å². The summed E-state index contributed by atoms with van der Waals surface area (Å²) >= 11 is 0. The van der Waals surface area contributed by atoms with E-state index in [4.69, 9.17) is 4.18 Å². The maximum atomic E-state index is 12.5. The summed E-state index contributed by atoms with van der Waals surface area (Å²) in [5.74, 6) is 0. The zero-order valence-electron chi connectivity index (χ0n) is 13.9. The van der Waals surface area contributed by atoms with Crippen molar-refractivity contribution in [3.05, 3.63) is 29.8 Å². The molecule has 7 nitrogen and oxygen atoms in total. The molecule has 1 N–H and O–H groups in total. The highest BCUT2D eigenvalue weighted by Gasteiger charge is 2.51. The summed E-state index contributed by atoms with van der Waals surface area (Å²) in [6.07, 6.45) is 1.68. The quantitative estimate of drug-likeness (QED) is 0.693. The standard InChI is InChI=1S/C17H22N2O5S.CH4/c20-16(21)19-8-3-6-17(12-19)7-9-18-10-13-4-1-2-5-14(13)25(22,23)24-11-15(17)18;/h1-2,4-5,15H,3,6-12H2,(H,20,21);1H4. The van der Waals surface area contributed by atoms with Crippen molar-refractivity contribution < 1.29 is 22.5 Å². The molecular weight excluding hydrogens is 356 g/mol. The second kappa shape index (κ2) is 6.83. The minimum atomic E-state index is -3.78. The largest absolute Gasteiger partial charge is 0.465 e. The lowest BCUT2D eigenvalue weighted by molar-refractivity contribution is 0.0271. The van der Waals surface area contributed by atoms with Gasteiger partial charge in [-0.05, 0) is 37.4 Å². The summed E-state index contributed by atoms with van der Waals surface area (Å²) in [4.78, 5) is 15.4. The van der Waals surface area contributed by atoms with Crippen LogP contribution >= 0.6 is 0 Å². The molecule has 0 aliphatic carbocycles. The number of amides is 1. The Morgan fingerprint density at radius 2 is 2.00 bits per heavy atom. The minimum Gasteiger partial charge on any atom is -0.465 e. The summed E-state index contributed by atoms with van der Waals surface area (Å²) in [5, 5.41) is 9.38. The number of piperidine rings is 1. The number of fused-ring (bicyclic) bond motifs is 3. The van der Waals surface area contributed by atoms with Crippen LogP contribution in [0.5, 0.6) is 0 Å². The normalized spacial score (nSPS) is 30.6. The van der Waals surface area contributed by atoms with Gasteiger partial charge in [-0.15, -0.1) is 0 Å². The third-order valence-corrected chi connectivity index (χ3v) is 7.30. The van der Waals surface area contributed by atoms with Gasteiger partial charge in [-0.2, -0.15) is 8.42 Å². The van der Waals surface area contributed by atoms with E-state index in [1.54, 1.807) is 12.1 Å². The van der Waals surface area contributed by atoms with Crippen molar-refractivity contribution in [1.82, 2.24) is 9.80 Å². The van der Waals surface area contributed by atoms with Crippen molar-refractivity contribution in [2.45, 2.75) is 44.2 Å². The first kappa shape index (κ1) is 19.1. The number of benzene rings is 1. The molecular formula is C18H26N2O5S. The predicted octanol–water partition coefficient (Wildman–Crippen LogP) is 2.38. The Kier molecular flexibility index (Phi) is 5.02. The monoisotopic (exact) mass is 382 g/mol. The second-order valence-corrected chi connectivity index (χ2v) is 8.84. The lowest BCUT2D eigenvalue weighted by atomic mass is 9.74. The highest BCUT2D eigenvalue weighted by atomic mass is 32.2. The molecule has 2 atom stereocenters. The van der Waals surface area contributed by atoms with E-state index in [1.165, 1.54) is 4.90 Å². The number of hydrogen-bond acceptors (Lipinski definition) is 5. The minimum absolute atomic E-state index is 0. The second-order valence-electron chi connectivity index (χ2n) is 7.25. The van der Waals surface area contributed by atoms with Gasteiger partial charge in [0.25, 0.3) is 10.1 Å². The van der Waals surface area contributed by atoms with E-state index in [0.717, 1.165) is 31.4 Å². The van der Waals surface area contributed by atoms with Crippen molar-refractivity contribution in [2.75, 3.05) is 26.2 Å². The summed E-state index contributed by atoms with van der Waals surface area (Å²) < 4.78 is 30.5. The van der Waals surface area contributed by atoms with E-state index >= 15 is 0 Å². The molecule has 3 heterocycles. The average molecular weight is 382 g/mol. The maximum absolute atomic E-state index is 12.5. The smallest absolute Gasteiger partial charge is 0.407 e. The Bertz CT molecular complexity index is 797. The molecule has 1 spiro atoms. The third kappa shape index (κ3) is 3.10. The van der Waals surface area contributed by atoms with Crippen LogP contribution in [-0.4, -0.2) is 61.7 Å². The van der Waals surface area contributed by atoms with E-state index in [9.17, 15) is 18.3 Å². The summed E-state index contributed by atoms with van der Waals surface area (Å²) in [7, 11) is -3.78. The molecule has 0 aromatic heterocycles. The predicted molar refractivity (Wildman–Crippen MR) is 96.4 cm³/mol. The van der Waals surface area contributed by atoms with E-state index in [1.807, 2.05) is 12.1 Å². The van der Waals surface area contributed by atoms with Gasteiger partial charge >= 0.3 is 6.09 Å². The van der Waals surface area contributed by atoms with Crippen molar-refractivity contribution in [1.29, 1.82) is 0 Å². The molecule has 1 aromatic carbocycles. The van der Waals surface area contributed by atoms with Gasteiger partial charge in [0.15, 0.2) is 0 Å². The van der Waals surface area contributed by atoms with Crippen molar-refractivity contribution >= 4 is 16.2 Å². The fourth-order valence-electron chi connectivity index (χ4n) is 4.66. The Morgan fingerprint density at radius 3 is 2.77 bits per heavy atom. The zero-order valence-corrected chi connectivity index (χ0v) is 14.7. The van der Waals surface area contributed by atoms with E-state index in [0.29, 0.717) is 19.6 Å². The van der Waals surface area contributed by atoms with Crippen molar-refractivity contribution in [2.24, 2.45) is 5.41 Å². The number of carbonyl (C=O) groups is 1. The van der Waals surface area contributed by atoms with E-state index < -0.39 is 16.2 Å². The van der Waals surface area contributed by atoms with Crippen LogP contribution in [0.4, 0.5) is 4.79 Å². The fourth-order valence-corrected chi connectivity index (χ4v) is 5.80. The average Bonchev–Trinajstić information content (AvgIpc) is 2.89. The molecule has 3 aliphatic rings. The van der Waals surface area contributed by atoms with Crippen LogP contribution in [-0.2, 0) is 20.8 Å². The van der Waals surface area contributed by atoms with Crippen LogP contribution in [0.1, 0.15) is 32.3 Å². The van der Waals surface area contributed by atoms with E-state index in [2.05, 4.69) is 4.90 Å². The Balaban J connectivity index is 0.00000196. The summed E-state index contributed by atoms with van der Waals surface area (Å²) in [6.45, 7) is 2.47. The van der Waals surface area contributed by atoms with Crippen molar-refractivity contribution in [3.8, 4) is 0 Å². The molecule has 1 aromatic rings. The Morgan fingerprint density at radius 1 is 1.23 bits per heavy atom. The first-order chi connectivity index (χ1) is 11.9. The molecule has 0 saturated carbocycles. The van der Waals surface area contributed by atoms with Gasteiger partial charge in [-0.3, -0.25) is 9.08 Å². The van der Waals surface area contributed by atoms with Crippen LogP contribution in [0.2, 0.25) is 0 Å². The SMILES string of the molecule is C.O=C(O)N1CCCC2(CCN3Cc4ccccc4S(=O)(=O)OCC32)C1.